The average Bonchev–Trinajstić information content (AvgIpc) is 2.54. The summed E-state index contributed by atoms with van der Waals surface area (Å²) in [6.45, 7) is -2.96. The van der Waals surface area contributed by atoms with Crippen LogP contribution in [0.5, 0.6) is 11.5 Å². The van der Waals surface area contributed by atoms with Crippen molar-refractivity contribution in [2.45, 2.75) is 6.61 Å². The lowest BCUT2D eigenvalue weighted by Gasteiger charge is -2.08. The quantitative estimate of drug-likeness (QED) is 0.885. The van der Waals surface area contributed by atoms with E-state index in [1.807, 2.05) is 6.07 Å². The highest BCUT2D eigenvalue weighted by molar-refractivity contribution is 6.04. The van der Waals surface area contributed by atoms with Crippen molar-refractivity contribution in [1.29, 1.82) is 5.26 Å². The van der Waals surface area contributed by atoms with Gasteiger partial charge in [-0.25, -0.2) is 0 Å². The number of nitrogens with one attached hydrogen (secondary N) is 1. The molecule has 0 spiro atoms. The van der Waals surface area contributed by atoms with Crippen LogP contribution in [0.2, 0.25) is 0 Å². The first-order chi connectivity index (χ1) is 11.1. The number of anilines is 1. The summed E-state index contributed by atoms with van der Waals surface area (Å²) in [7, 11) is 0. The van der Waals surface area contributed by atoms with Crippen molar-refractivity contribution in [2.75, 3.05) is 11.9 Å². The first-order valence-electron chi connectivity index (χ1n) is 6.54. The van der Waals surface area contributed by atoms with Gasteiger partial charge in [0.05, 0.1) is 0 Å². The maximum absolute atomic E-state index is 12.0. The van der Waals surface area contributed by atoms with Gasteiger partial charge in [-0.15, -0.1) is 0 Å². The molecule has 0 aliphatic rings. The van der Waals surface area contributed by atoms with Crippen LogP contribution < -0.4 is 14.8 Å². The lowest BCUT2D eigenvalue weighted by molar-refractivity contribution is -0.0498. The molecule has 118 valence electrons. The number of nitriles is 1. The Morgan fingerprint density at radius 3 is 2.26 bits per heavy atom. The van der Waals surface area contributed by atoms with E-state index in [9.17, 15) is 13.6 Å². The van der Waals surface area contributed by atoms with Gasteiger partial charge in [0.2, 0.25) is 0 Å². The topological polar surface area (TPSA) is 71.3 Å². The fraction of sp³-hybridized carbons (Fsp3) is 0.125. The number of rotatable bonds is 6. The molecule has 0 radical (unpaired) electrons. The van der Waals surface area contributed by atoms with E-state index in [-0.39, 0.29) is 18.3 Å². The van der Waals surface area contributed by atoms with Crippen molar-refractivity contribution in [1.82, 2.24) is 0 Å². The lowest BCUT2D eigenvalue weighted by atomic mass is 10.2. The summed E-state index contributed by atoms with van der Waals surface area (Å²) in [5.41, 5.74) is 0.837. The number of hydrogen-bond acceptors (Lipinski definition) is 4. The average molecular weight is 318 g/mol. The van der Waals surface area contributed by atoms with E-state index in [4.69, 9.17) is 10.00 Å². The number of carbonyl (C=O) groups excluding carboxylic acids is 1. The minimum absolute atomic E-state index is 0.0180. The van der Waals surface area contributed by atoms with Crippen LogP contribution in [0.3, 0.4) is 0 Å². The van der Waals surface area contributed by atoms with E-state index in [0.717, 1.165) is 0 Å². The fourth-order valence-electron chi connectivity index (χ4n) is 1.74. The number of carbonyl (C=O) groups is 1. The van der Waals surface area contributed by atoms with Crippen LogP contribution in [-0.4, -0.2) is 19.1 Å². The Labute approximate surface area is 131 Å². The Bertz CT molecular complexity index is 695. The molecule has 0 heterocycles. The molecule has 2 rings (SSSR count). The third-order valence-corrected chi connectivity index (χ3v) is 2.76. The van der Waals surface area contributed by atoms with Crippen molar-refractivity contribution in [2.24, 2.45) is 0 Å². The van der Waals surface area contributed by atoms with Crippen LogP contribution in [0, 0.1) is 11.3 Å². The molecule has 0 aliphatic carbocycles. The third-order valence-electron chi connectivity index (χ3n) is 2.76. The summed E-state index contributed by atoms with van der Waals surface area (Å²) in [6, 6.07) is 13.7. The van der Waals surface area contributed by atoms with Crippen LogP contribution in [0.15, 0.2) is 48.5 Å². The Morgan fingerprint density at radius 2 is 1.70 bits per heavy atom. The van der Waals surface area contributed by atoms with Crippen LogP contribution >= 0.6 is 0 Å². The Kier molecular flexibility index (Phi) is 5.47. The van der Waals surface area contributed by atoms with E-state index < -0.39 is 6.61 Å². The highest BCUT2D eigenvalue weighted by Crippen LogP contribution is 2.18. The molecule has 0 saturated carbocycles. The largest absolute Gasteiger partial charge is 0.479 e. The zero-order chi connectivity index (χ0) is 16.7. The maximum Gasteiger partial charge on any atom is 0.387 e. The third kappa shape index (κ3) is 4.97. The van der Waals surface area contributed by atoms with Gasteiger partial charge in [0.15, 0.2) is 6.61 Å². The van der Waals surface area contributed by atoms with Crippen molar-refractivity contribution >= 4 is 11.6 Å². The van der Waals surface area contributed by atoms with Crippen molar-refractivity contribution < 1.29 is 23.0 Å². The summed E-state index contributed by atoms with van der Waals surface area (Å²) in [6.07, 6.45) is 0. The summed E-state index contributed by atoms with van der Waals surface area (Å²) in [4.78, 5) is 12.0. The first-order valence-corrected chi connectivity index (χ1v) is 6.54. The Balaban J connectivity index is 1.97. The molecule has 1 amide bonds. The molecule has 0 saturated heterocycles. The number of ether oxygens (including phenoxy) is 2. The van der Waals surface area contributed by atoms with Gasteiger partial charge in [-0.2, -0.15) is 14.0 Å². The van der Waals surface area contributed by atoms with Gasteiger partial charge in [0, 0.05) is 11.3 Å². The van der Waals surface area contributed by atoms with Crippen LogP contribution in [0.1, 0.15) is 10.4 Å². The Hall–Kier alpha value is -3.14. The molecule has 5 nitrogen and oxygen atoms in total. The first kappa shape index (κ1) is 16.2. The van der Waals surface area contributed by atoms with Gasteiger partial charge in [-0.05, 0) is 48.5 Å². The van der Waals surface area contributed by atoms with Crippen LogP contribution in [-0.2, 0) is 0 Å². The molecular weight excluding hydrogens is 306 g/mol. The zero-order valence-electron chi connectivity index (χ0n) is 11.8. The standard InChI is InChI=1S/C16H12F2N2O3/c17-16(18)23-14-5-1-11(2-6-14)15(21)20-12-3-7-13(8-4-12)22-10-9-19/h1-8,16H,10H2,(H,20,21). The van der Waals surface area contributed by atoms with Gasteiger partial charge in [-0.3, -0.25) is 4.79 Å². The minimum Gasteiger partial charge on any atom is -0.479 e. The van der Waals surface area contributed by atoms with Gasteiger partial charge in [-0.1, -0.05) is 0 Å². The highest BCUT2D eigenvalue weighted by Gasteiger charge is 2.08. The van der Waals surface area contributed by atoms with E-state index in [1.54, 1.807) is 24.3 Å². The maximum atomic E-state index is 12.0. The monoisotopic (exact) mass is 318 g/mol. The molecule has 0 unspecified atom stereocenters. The van der Waals surface area contributed by atoms with E-state index in [0.29, 0.717) is 17.0 Å². The molecule has 2 aromatic rings. The normalized spacial score (nSPS) is 10.0. The summed E-state index contributed by atoms with van der Waals surface area (Å²) in [5.74, 6) is 0.105. The van der Waals surface area contributed by atoms with Gasteiger partial charge in [0.25, 0.3) is 5.91 Å². The molecule has 0 aliphatic heterocycles. The molecule has 0 aromatic heterocycles. The van der Waals surface area contributed by atoms with Crippen LogP contribution in [0.4, 0.5) is 14.5 Å². The summed E-state index contributed by atoms with van der Waals surface area (Å²) in [5, 5.41) is 11.1. The van der Waals surface area contributed by atoms with E-state index in [2.05, 4.69) is 10.1 Å². The molecule has 7 heteroatoms. The van der Waals surface area contributed by atoms with Crippen molar-refractivity contribution in [3.05, 3.63) is 54.1 Å². The SMILES string of the molecule is N#CCOc1ccc(NC(=O)c2ccc(OC(F)F)cc2)cc1. The second-order valence-corrected chi connectivity index (χ2v) is 4.33. The zero-order valence-corrected chi connectivity index (χ0v) is 11.8. The number of nitrogens with zero attached hydrogens (tertiary/aromatic N) is 1. The van der Waals surface area contributed by atoms with Crippen molar-refractivity contribution in [3.63, 3.8) is 0 Å². The second kappa shape index (κ2) is 7.75. The van der Waals surface area contributed by atoms with E-state index in [1.165, 1.54) is 24.3 Å². The number of alkyl halides is 2. The molecule has 0 fully saturated rings. The molecular formula is C16H12F2N2O3. The highest BCUT2D eigenvalue weighted by atomic mass is 19.3. The molecule has 0 atom stereocenters. The predicted octanol–water partition coefficient (Wildman–Crippen LogP) is 3.44. The predicted molar refractivity (Wildman–Crippen MR) is 78.6 cm³/mol. The molecule has 1 N–H and O–H groups in total. The molecule has 2 aromatic carbocycles. The smallest absolute Gasteiger partial charge is 0.387 e. The summed E-state index contributed by atoms with van der Waals surface area (Å²) < 4.78 is 33.4. The number of hydrogen-bond donors (Lipinski definition) is 1. The van der Waals surface area contributed by atoms with Gasteiger partial charge >= 0.3 is 6.61 Å². The fourth-order valence-corrected chi connectivity index (χ4v) is 1.74. The lowest BCUT2D eigenvalue weighted by Crippen LogP contribution is -2.12. The number of halogens is 2. The van der Waals surface area contributed by atoms with Crippen molar-refractivity contribution in [3.8, 4) is 17.6 Å². The summed E-state index contributed by atoms with van der Waals surface area (Å²) >= 11 is 0. The van der Waals surface area contributed by atoms with Crippen LogP contribution in [0.25, 0.3) is 0 Å². The molecule has 23 heavy (non-hydrogen) atoms. The Morgan fingerprint density at radius 1 is 1.09 bits per heavy atom. The van der Waals surface area contributed by atoms with Gasteiger partial charge in [0.1, 0.15) is 17.6 Å². The number of benzene rings is 2. The van der Waals surface area contributed by atoms with Gasteiger partial charge < -0.3 is 14.8 Å². The van der Waals surface area contributed by atoms with E-state index >= 15 is 0 Å². The number of amides is 1. The second-order valence-electron chi connectivity index (χ2n) is 4.33. The minimum atomic E-state index is -2.91. The molecule has 0 bridgehead atoms.